The molecule has 0 aliphatic carbocycles. The van der Waals surface area contributed by atoms with Crippen LogP contribution in [-0.2, 0) is 11.8 Å². The van der Waals surface area contributed by atoms with E-state index in [1.807, 2.05) is 27.8 Å². The minimum Gasteiger partial charge on any atom is -0.480 e. The van der Waals surface area contributed by atoms with Crippen molar-refractivity contribution in [3.63, 3.8) is 0 Å². The third-order valence-electron chi connectivity index (χ3n) is 2.84. The van der Waals surface area contributed by atoms with E-state index in [1.165, 1.54) is 0 Å². The van der Waals surface area contributed by atoms with Crippen molar-refractivity contribution < 1.29 is 9.90 Å². The van der Waals surface area contributed by atoms with Crippen LogP contribution in [0.15, 0.2) is 0 Å². The fraction of sp³-hybridized carbons (Fsp3) is 0.600. The van der Waals surface area contributed by atoms with E-state index in [2.05, 4.69) is 5.10 Å². The van der Waals surface area contributed by atoms with Crippen molar-refractivity contribution in [2.45, 2.75) is 32.7 Å². The zero-order valence-corrected chi connectivity index (χ0v) is 9.48. The SMILES string of the molecule is Cc1nn(C)c(C)c1C(C)C(N)C(=O)O. The molecule has 2 unspecified atom stereocenters. The highest BCUT2D eigenvalue weighted by Gasteiger charge is 2.26. The zero-order valence-electron chi connectivity index (χ0n) is 9.48. The molecule has 15 heavy (non-hydrogen) atoms. The van der Waals surface area contributed by atoms with Crippen molar-refractivity contribution in [2.24, 2.45) is 12.8 Å². The van der Waals surface area contributed by atoms with Crippen LogP contribution in [0.4, 0.5) is 0 Å². The van der Waals surface area contributed by atoms with Gasteiger partial charge in [0.1, 0.15) is 6.04 Å². The molecule has 0 radical (unpaired) electrons. The van der Waals surface area contributed by atoms with Crippen LogP contribution in [0, 0.1) is 13.8 Å². The first-order valence-corrected chi connectivity index (χ1v) is 4.84. The van der Waals surface area contributed by atoms with Crippen LogP contribution in [0.1, 0.15) is 29.8 Å². The average molecular weight is 211 g/mol. The maximum atomic E-state index is 10.8. The van der Waals surface area contributed by atoms with Gasteiger partial charge in [-0.05, 0) is 13.8 Å². The molecule has 2 atom stereocenters. The third-order valence-corrected chi connectivity index (χ3v) is 2.84. The maximum Gasteiger partial charge on any atom is 0.321 e. The monoisotopic (exact) mass is 211 g/mol. The summed E-state index contributed by atoms with van der Waals surface area (Å²) in [5.74, 6) is -1.21. The molecule has 1 heterocycles. The van der Waals surface area contributed by atoms with Gasteiger partial charge in [-0.1, -0.05) is 6.92 Å². The lowest BCUT2D eigenvalue weighted by Crippen LogP contribution is -2.35. The Hall–Kier alpha value is -1.36. The zero-order chi connectivity index (χ0) is 11.7. The van der Waals surface area contributed by atoms with Crippen molar-refractivity contribution >= 4 is 5.97 Å². The molecule has 0 saturated carbocycles. The predicted molar refractivity (Wildman–Crippen MR) is 56.7 cm³/mol. The summed E-state index contributed by atoms with van der Waals surface area (Å²) in [7, 11) is 1.84. The molecule has 0 aromatic carbocycles. The molecule has 1 aromatic heterocycles. The van der Waals surface area contributed by atoms with Gasteiger partial charge in [-0.25, -0.2) is 0 Å². The number of aliphatic carboxylic acids is 1. The summed E-state index contributed by atoms with van der Waals surface area (Å²) in [6, 6.07) is -0.883. The average Bonchev–Trinajstić information content (AvgIpc) is 2.39. The van der Waals surface area contributed by atoms with Crippen LogP contribution in [-0.4, -0.2) is 26.9 Å². The molecule has 0 saturated heterocycles. The van der Waals surface area contributed by atoms with E-state index in [-0.39, 0.29) is 5.92 Å². The van der Waals surface area contributed by atoms with Gasteiger partial charge in [0.2, 0.25) is 0 Å². The van der Waals surface area contributed by atoms with Crippen molar-refractivity contribution in [3.05, 3.63) is 17.0 Å². The van der Waals surface area contributed by atoms with Gasteiger partial charge in [0.25, 0.3) is 0 Å². The molecular formula is C10H17N3O2. The van der Waals surface area contributed by atoms with Gasteiger partial charge in [-0.2, -0.15) is 5.10 Å². The Morgan fingerprint density at radius 2 is 2.07 bits per heavy atom. The molecule has 0 aliphatic rings. The molecule has 0 bridgehead atoms. The molecule has 0 amide bonds. The molecule has 0 aliphatic heterocycles. The fourth-order valence-electron chi connectivity index (χ4n) is 1.84. The number of aromatic nitrogens is 2. The van der Waals surface area contributed by atoms with E-state index in [1.54, 1.807) is 4.68 Å². The molecule has 5 nitrogen and oxygen atoms in total. The molecule has 3 N–H and O–H groups in total. The van der Waals surface area contributed by atoms with E-state index < -0.39 is 12.0 Å². The van der Waals surface area contributed by atoms with Crippen LogP contribution in [0.25, 0.3) is 0 Å². The Kier molecular flexibility index (Phi) is 3.14. The number of hydrogen-bond donors (Lipinski definition) is 2. The number of nitrogens with zero attached hydrogens (tertiary/aromatic N) is 2. The highest BCUT2D eigenvalue weighted by Crippen LogP contribution is 2.24. The van der Waals surface area contributed by atoms with Crippen molar-refractivity contribution in [3.8, 4) is 0 Å². The minimum absolute atomic E-state index is 0.226. The van der Waals surface area contributed by atoms with E-state index in [0.717, 1.165) is 17.0 Å². The summed E-state index contributed by atoms with van der Waals surface area (Å²) in [6.45, 7) is 5.60. The second-order valence-corrected chi connectivity index (χ2v) is 3.86. The highest BCUT2D eigenvalue weighted by atomic mass is 16.4. The van der Waals surface area contributed by atoms with Gasteiger partial charge >= 0.3 is 5.97 Å². The lowest BCUT2D eigenvalue weighted by atomic mass is 9.92. The highest BCUT2D eigenvalue weighted by molar-refractivity contribution is 5.74. The number of carboxylic acid groups (broad SMARTS) is 1. The molecule has 1 rings (SSSR count). The van der Waals surface area contributed by atoms with E-state index in [9.17, 15) is 4.79 Å². The maximum absolute atomic E-state index is 10.8. The molecule has 0 spiro atoms. The number of rotatable bonds is 3. The number of aryl methyl sites for hydroxylation is 2. The summed E-state index contributed by atoms with van der Waals surface area (Å²) in [5, 5.41) is 13.1. The van der Waals surface area contributed by atoms with Gasteiger partial charge in [0.15, 0.2) is 0 Å². The van der Waals surface area contributed by atoms with Gasteiger partial charge < -0.3 is 10.8 Å². The Morgan fingerprint density at radius 3 is 2.40 bits per heavy atom. The van der Waals surface area contributed by atoms with Crippen molar-refractivity contribution in [2.75, 3.05) is 0 Å². The van der Waals surface area contributed by atoms with Gasteiger partial charge in [-0.3, -0.25) is 9.48 Å². The number of carbonyl (C=O) groups is 1. The Bertz CT molecular complexity index is 384. The smallest absolute Gasteiger partial charge is 0.321 e. The number of carboxylic acids is 1. The Balaban J connectivity index is 3.10. The van der Waals surface area contributed by atoms with Crippen LogP contribution in [0.3, 0.4) is 0 Å². The largest absolute Gasteiger partial charge is 0.480 e. The lowest BCUT2D eigenvalue weighted by molar-refractivity contribution is -0.139. The Morgan fingerprint density at radius 1 is 1.53 bits per heavy atom. The fourth-order valence-corrected chi connectivity index (χ4v) is 1.84. The first-order chi connectivity index (χ1) is 6.86. The quantitative estimate of drug-likeness (QED) is 0.765. The summed E-state index contributed by atoms with van der Waals surface area (Å²) in [5.41, 5.74) is 8.36. The topological polar surface area (TPSA) is 81.1 Å². The first kappa shape index (κ1) is 11.7. The van der Waals surface area contributed by atoms with E-state index >= 15 is 0 Å². The van der Waals surface area contributed by atoms with Crippen LogP contribution >= 0.6 is 0 Å². The van der Waals surface area contributed by atoms with Crippen LogP contribution in [0.5, 0.6) is 0 Å². The minimum atomic E-state index is -0.981. The molecule has 0 fully saturated rings. The van der Waals surface area contributed by atoms with E-state index in [4.69, 9.17) is 10.8 Å². The van der Waals surface area contributed by atoms with Crippen molar-refractivity contribution in [1.82, 2.24) is 9.78 Å². The number of hydrogen-bond acceptors (Lipinski definition) is 3. The van der Waals surface area contributed by atoms with Crippen molar-refractivity contribution in [1.29, 1.82) is 0 Å². The molecule has 84 valence electrons. The second-order valence-electron chi connectivity index (χ2n) is 3.86. The lowest BCUT2D eigenvalue weighted by Gasteiger charge is -2.16. The summed E-state index contributed by atoms with van der Waals surface area (Å²) in [4.78, 5) is 10.8. The molecule has 5 heteroatoms. The standard InChI is InChI=1S/C10H17N3O2/c1-5(9(11)10(14)15)8-6(2)12-13(4)7(8)3/h5,9H,11H2,1-4H3,(H,14,15). The third kappa shape index (κ3) is 2.02. The van der Waals surface area contributed by atoms with Gasteiger partial charge in [-0.15, -0.1) is 0 Å². The summed E-state index contributed by atoms with van der Waals surface area (Å²) in [6.07, 6.45) is 0. The normalized spacial score (nSPS) is 15.0. The van der Waals surface area contributed by atoms with Gasteiger partial charge in [0, 0.05) is 24.2 Å². The van der Waals surface area contributed by atoms with E-state index in [0.29, 0.717) is 0 Å². The molecular weight excluding hydrogens is 194 g/mol. The summed E-state index contributed by atoms with van der Waals surface area (Å²) >= 11 is 0. The molecule has 1 aromatic rings. The predicted octanol–water partition coefficient (Wildman–Crippen LogP) is 0.552. The summed E-state index contributed by atoms with van der Waals surface area (Å²) < 4.78 is 1.75. The van der Waals surface area contributed by atoms with Crippen LogP contribution in [0.2, 0.25) is 0 Å². The number of nitrogens with two attached hydrogens (primary N) is 1. The van der Waals surface area contributed by atoms with Crippen LogP contribution < -0.4 is 5.73 Å². The Labute approximate surface area is 88.9 Å². The first-order valence-electron chi connectivity index (χ1n) is 4.84. The second kappa shape index (κ2) is 4.02. The van der Waals surface area contributed by atoms with Gasteiger partial charge in [0.05, 0.1) is 5.69 Å².